The number of alkyl halides is 4. The summed E-state index contributed by atoms with van der Waals surface area (Å²) < 4.78 is 71.3. The van der Waals surface area contributed by atoms with Crippen molar-refractivity contribution in [3.8, 4) is 45.5 Å². The van der Waals surface area contributed by atoms with Gasteiger partial charge in [0.15, 0.2) is 0 Å². The van der Waals surface area contributed by atoms with Gasteiger partial charge in [0.1, 0.15) is 18.1 Å². The summed E-state index contributed by atoms with van der Waals surface area (Å²) in [5.41, 5.74) is 1.68. The van der Waals surface area contributed by atoms with Crippen LogP contribution in [-0.4, -0.2) is 54.9 Å². The molecule has 214 valence electrons. The zero-order valence-corrected chi connectivity index (χ0v) is 22.3. The second kappa shape index (κ2) is 10.9. The smallest absolute Gasteiger partial charge is 0.388 e. The number of likely N-dealkylation sites (N-methyl/N-ethyl adjacent to an activating group) is 1. The zero-order chi connectivity index (χ0) is 28.7. The van der Waals surface area contributed by atoms with Crippen molar-refractivity contribution in [1.82, 2.24) is 34.4 Å². The number of hydrogen-bond acceptors (Lipinski definition) is 6. The van der Waals surface area contributed by atoms with Crippen LogP contribution in [0.3, 0.4) is 0 Å². The van der Waals surface area contributed by atoms with E-state index in [2.05, 4.69) is 15.5 Å². The third kappa shape index (κ3) is 5.01. The third-order valence-corrected chi connectivity index (χ3v) is 6.91. The van der Waals surface area contributed by atoms with Crippen molar-refractivity contribution < 1.29 is 27.0 Å². The van der Waals surface area contributed by atoms with Crippen LogP contribution >= 0.6 is 0 Å². The summed E-state index contributed by atoms with van der Waals surface area (Å²) >= 11 is 0. The largest absolute Gasteiger partial charge is 0.476 e. The molecule has 6 rings (SSSR count). The molecule has 1 atom stereocenters. The first-order valence-corrected chi connectivity index (χ1v) is 13.1. The van der Waals surface area contributed by atoms with Gasteiger partial charge in [0, 0.05) is 37.1 Å². The number of nitrogens with zero attached hydrogens (tertiary/aromatic N) is 6. The molecule has 0 spiro atoms. The van der Waals surface area contributed by atoms with Crippen LogP contribution in [0.1, 0.15) is 24.6 Å². The summed E-state index contributed by atoms with van der Waals surface area (Å²) in [6.07, 6.45) is 0.389. The van der Waals surface area contributed by atoms with Gasteiger partial charge in [-0.15, -0.1) is 5.10 Å². The molecule has 0 amide bonds. The van der Waals surface area contributed by atoms with E-state index in [-0.39, 0.29) is 41.2 Å². The number of ether oxygens (including phenoxy) is 2. The van der Waals surface area contributed by atoms with E-state index in [1.807, 2.05) is 48.0 Å². The van der Waals surface area contributed by atoms with E-state index < -0.39 is 18.7 Å². The van der Waals surface area contributed by atoms with Crippen molar-refractivity contribution >= 4 is 0 Å². The maximum atomic E-state index is 14.5. The highest BCUT2D eigenvalue weighted by Crippen LogP contribution is 2.49. The van der Waals surface area contributed by atoms with Crippen LogP contribution < -0.4 is 14.8 Å². The van der Waals surface area contributed by atoms with Crippen LogP contribution in [0.15, 0.2) is 54.9 Å². The Hall–Kier alpha value is -4.39. The van der Waals surface area contributed by atoms with Gasteiger partial charge in [0.2, 0.25) is 11.8 Å². The van der Waals surface area contributed by atoms with E-state index in [1.165, 1.54) is 15.6 Å². The Bertz CT molecular complexity index is 1630. The molecule has 3 aliphatic rings. The lowest BCUT2D eigenvalue weighted by Gasteiger charge is -2.25. The van der Waals surface area contributed by atoms with Crippen LogP contribution in [-0.2, 0) is 20.1 Å². The van der Waals surface area contributed by atoms with E-state index in [1.54, 1.807) is 19.2 Å². The van der Waals surface area contributed by atoms with E-state index in [0.717, 1.165) is 5.56 Å². The van der Waals surface area contributed by atoms with Crippen LogP contribution in [0, 0.1) is 0 Å². The number of fused-ring (bicyclic) bond motifs is 2. The second-order valence-electron chi connectivity index (χ2n) is 9.71. The highest BCUT2D eigenvalue weighted by atomic mass is 19.3. The van der Waals surface area contributed by atoms with Crippen LogP contribution in [0.4, 0.5) is 17.6 Å². The molecule has 3 aromatic rings. The van der Waals surface area contributed by atoms with Crippen LogP contribution in [0.2, 0.25) is 0 Å². The number of aromatic nitrogens is 6. The summed E-state index contributed by atoms with van der Waals surface area (Å²) in [7, 11) is 1.56. The standard InChI is InChI=1S/C28H27F4N7O2/c1-3-33-17-13-39-27(40-15-17)21(23(35-39)24(29)30)22-20(19-14-37(2)36-26(19)41-28(31)32)18-10-7-11-38(25(18)34-22)12-16-8-5-4-6-9-16/h4-11,14,17,24,28,33H,3,12-13,15H2,1-2H3/t17-/m0/s1. The molecule has 41 heavy (non-hydrogen) atoms. The molecule has 0 saturated heterocycles. The molecule has 0 fully saturated rings. The molecule has 0 bridgehead atoms. The fraction of sp³-hybridized carbons (Fsp3) is 0.321. The van der Waals surface area contributed by atoms with Crippen molar-refractivity contribution in [2.75, 3.05) is 13.2 Å². The molecular weight excluding hydrogens is 542 g/mol. The van der Waals surface area contributed by atoms with E-state index >= 15 is 0 Å². The van der Waals surface area contributed by atoms with Gasteiger partial charge < -0.3 is 19.4 Å². The van der Waals surface area contributed by atoms with Crippen molar-refractivity contribution in [3.05, 3.63) is 66.1 Å². The lowest BCUT2D eigenvalue weighted by Crippen LogP contribution is -2.41. The number of halogens is 4. The Balaban J connectivity index is 1.60. The van der Waals surface area contributed by atoms with Gasteiger partial charge in [0.05, 0.1) is 29.4 Å². The summed E-state index contributed by atoms with van der Waals surface area (Å²) in [5.74, 6) is 0.271. The van der Waals surface area contributed by atoms with Crippen molar-refractivity contribution in [2.45, 2.75) is 39.1 Å². The maximum Gasteiger partial charge on any atom is 0.388 e. The molecule has 0 saturated carbocycles. The third-order valence-electron chi connectivity index (χ3n) is 6.91. The zero-order valence-electron chi connectivity index (χ0n) is 22.3. The molecular formula is C28H27F4N7O2. The molecule has 2 aromatic heterocycles. The SMILES string of the molecule is CCN[C@@H]1COc2c(-c3nc4n(Cc5ccccc5)cccc-4c3-c3cn(C)nc3OC(F)F)c(C(F)F)nn2C1. The predicted octanol–water partition coefficient (Wildman–Crippen LogP) is 5.21. The number of nitrogens with one attached hydrogen (secondary N) is 1. The lowest BCUT2D eigenvalue weighted by atomic mass is 9.98. The molecule has 0 unspecified atom stereocenters. The number of pyridine rings is 1. The van der Waals surface area contributed by atoms with Gasteiger partial charge in [-0.3, -0.25) is 4.68 Å². The van der Waals surface area contributed by atoms with Crippen molar-refractivity contribution in [2.24, 2.45) is 7.05 Å². The van der Waals surface area contributed by atoms with Gasteiger partial charge in [-0.05, 0) is 24.2 Å². The van der Waals surface area contributed by atoms with Gasteiger partial charge >= 0.3 is 6.61 Å². The Kier molecular flexibility index (Phi) is 7.12. The van der Waals surface area contributed by atoms with Crippen molar-refractivity contribution in [1.29, 1.82) is 0 Å². The van der Waals surface area contributed by atoms with Crippen molar-refractivity contribution in [3.63, 3.8) is 0 Å². The summed E-state index contributed by atoms with van der Waals surface area (Å²) in [5, 5.41) is 11.5. The minimum Gasteiger partial charge on any atom is -0.476 e. The van der Waals surface area contributed by atoms with Gasteiger partial charge in [-0.1, -0.05) is 37.3 Å². The molecule has 13 heteroatoms. The monoisotopic (exact) mass is 569 g/mol. The molecule has 1 aromatic carbocycles. The molecule has 0 aliphatic carbocycles. The van der Waals surface area contributed by atoms with Crippen LogP contribution in [0.25, 0.3) is 33.8 Å². The molecule has 9 nitrogen and oxygen atoms in total. The first kappa shape index (κ1) is 26.8. The minimum atomic E-state index is -3.14. The molecule has 1 N–H and O–H groups in total. The topological polar surface area (TPSA) is 83.9 Å². The van der Waals surface area contributed by atoms with Gasteiger partial charge in [-0.25, -0.2) is 18.4 Å². The fourth-order valence-electron chi connectivity index (χ4n) is 5.29. The highest BCUT2D eigenvalue weighted by Gasteiger charge is 2.36. The molecule has 3 aliphatic heterocycles. The van der Waals surface area contributed by atoms with E-state index in [0.29, 0.717) is 36.6 Å². The average molecular weight is 570 g/mol. The Morgan fingerprint density at radius 1 is 1.05 bits per heavy atom. The first-order chi connectivity index (χ1) is 19.8. The Morgan fingerprint density at radius 2 is 1.85 bits per heavy atom. The quantitative estimate of drug-likeness (QED) is 0.246. The normalized spacial score (nSPS) is 15.1. The minimum absolute atomic E-state index is 0.0132. The Morgan fingerprint density at radius 3 is 2.59 bits per heavy atom. The number of aryl methyl sites for hydroxylation is 1. The Labute approximate surface area is 232 Å². The molecule has 5 heterocycles. The van der Waals surface area contributed by atoms with E-state index in [9.17, 15) is 17.6 Å². The number of rotatable bonds is 9. The summed E-state index contributed by atoms with van der Waals surface area (Å²) in [6, 6.07) is 13.1. The van der Waals surface area contributed by atoms with Crippen LogP contribution in [0.5, 0.6) is 11.8 Å². The predicted molar refractivity (Wildman–Crippen MR) is 142 cm³/mol. The number of benzene rings is 1. The van der Waals surface area contributed by atoms with Gasteiger partial charge in [0.25, 0.3) is 6.43 Å². The molecule has 0 radical (unpaired) electrons. The summed E-state index contributed by atoms with van der Waals surface area (Å²) in [6.45, 7) is 0.476. The fourth-order valence-corrected chi connectivity index (χ4v) is 5.29. The number of hydrogen-bond donors (Lipinski definition) is 1. The second-order valence-corrected chi connectivity index (χ2v) is 9.71. The average Bonchev–Trinajstić information content (AvgIpc) is 3.61. The lowest BCUT2D eigenvalue weighted by molar-refractivity contribution is -0.0527. The highest BCUT2D eigenvalue weighted by molar-refractivity contribution is 5.97. The van der Waals surface area contributed by atoms with Gasteiger partial charge in [-0.2, -0.15) is 13.9 Å². The maximum absolute atomic E-state index is 14.5. The van der Waals surface area contributed by atoms with E-state index in [4.69, 9.17) is 14.5 Å². The first-order valence-electron chi connectivity index (χ1n) is 13.1. The summed E-state index contributed by atoms with van der Waals surface area (Å²) in [4.78, 5) is 4.86.